The first-order valence-electron chi connectivity index (χ1n) is 6.83. The van der Waals surface area contributed by atoms with Crippen LogP contribution in [0.5, 0.6) is 5.75 Å². The van der Waals surface area contributed by atoms with Crippen LogP contribution in [0, 0.1) is 0 Å². The summed E-state index contributed by atoms with van der Waals surface area (Å²) in [6.45, 7) is 0.741. The minimum absolute atomic E-state index is 0.0794. The second-order valence-electron chi connectivity index (χ2n) is 5.03. The number of benzene rings is 1. The second-order valence-corrected chi connectivity index (χ2v) is 5.50. The van der Waals surface area contributed by atoms with Crippen LogP contribution in [0.25, 0.3) is 0 Å². The number of carbonyl (C=O) groups excluding carboxylic acids is 1. The zero-order valence-electron chi connectivity index (χ0n) is 11.7. The van der Waals surface area contributed by atoms with Crippen molar-refractivity contribution in [1.82, 2.24) is 4.90 Å². The van der Waals surface area contributed by atoms with Crippen LogP contribution in [0.4, 0.5) is 0 Å². The molecule has 0 radical (unpaired) electrons. The molecule has 4 nitrogen and oxygen atoms in total. The Morgan fingerprint density at radius 1 is 1.50 bits per heavy atom. The fourth-order valence-electron chi connectivity index (χ4n) is 2.58. The summed E-state index contributed by atoms with van der Waals surface area (Å²) in [5.74, 6) is 0.843. The van der Waals surface area contributed by atoms with E-state index in [9.17, 15) is 4.79 Å². The van der Waals surface area contributed by atoms with Crippen LogP contribution in [0.3, 0.4) is 0 Å². The van der Waals surface area contributed by atoms with E-state index in [1.54, 1.807) is 7.11 Å². The van der Waals surface area contributed by atoms with Gasteiger partial charge in [-0.2, -0.15) is 0 Å². The Bertz CT molecular complexity index is 504. The molecule has 0 aromatic heterocycles. The Kier molecular flexibility index (Phi) is 4.95. The summed E-state index contributed by atoms with van der Waals surface area (Å²) in [7, 11) is 1.62. The van der Waals surface area contributed by atoms with E-state index in [2.05, 4.69) is 0 Å². The Labute approximate surface area is 124 Å². The van der Waals surface area contributed by atoms with Gasteiger partial charge in [0.05, 0.1) is 24.6 Å². The molecule has 0 bridgehead atoms. The fourth-order valence-corrected chi connectivity index (χ4v) is 2.83. The van der Waals surface area contributed by atoms with Crippen LogP contribution < -0.4 is 10.5 Å². The van der Waals surface area contributed by atoms with Gasteiger partial charge in [0.15, 0.2) is 0 Å². The Balaban J connectivity index is 2.07. The summed E-state index contributed by atoms with van der Waals surface area (Å²) < 4.78 is 5.18. The molecule has 2 N–H and O–H groups in total. The van der Waals surface area contributed by atoms with Crippen molar-refractivity contribution in [2.45, 2.75) is 31.7 Å². The van der Waals surface area contributed by atoms with E-state index >= 15 is 0 Å². The third-order valence-corrected chi connectivity index (χ3v) is 3.91. The molecule has 108 valence electrons. The number of carbonyl (C=O) groups is 1. The smallest absolute Gasteiger partial charge is 0.227 e. The molecule has 1 aromatic rings. The highest BCUT2D eigenvalue weighted by atomic mass is 32.1. The van der Waals surface area contributed by atoms with E-state index in [4.69, 9.17) is 22.7 Å². The lowest BCUT2D eigenvalue weighted by atomic mass is 10.0. The first-order chi connectivity index (χ1) is 9.61. The second kappa shape index (κ2) is 6.70. The minimum Gasteiger partial charge on any atom is -0.497 e. The average Bonchev–Trinajstić information content (AvgIpc) is 2.47. The summed E-state index contributed by atoms with van der Waals surface area (Å²) in [4.78, 5) is 14.7. The molecule has 0 spiro atoms. The molecule has 1 aromatic carbocycles. The molecule has 1 saturated heterocycles. The van der Waals surface area contributed by atoms with E-state index in [1.807, 2.05) is 29.2 Å². The SMILES string of the molecule is COc1cccc(CC(=O)N2CCCCC2C(N)=S)c1. The van der Waals surface area contributed by atoms with E-state index in [0.29, 0.717) is 11.4 Å². The van der Waals surface area contributed by atoms with E-state index in [1.165, 1.54) is 0 Å². The van der Waals surface area contributed by atoms with E-state index in [0.717, 1.165) is 37.1 Å². The number of amides is 1. The lowest BCUT2D eigenvalue weighted by Crippen LogP contribution is -2.50. The van der Waals surface area contributed by atoms with E-state index in [-0.39, 0.29) is 11.9 Å². The fraction of sp³-hybridized carbons (Fsp3) is 0.467. The Morgan fingerprint density at radius 2 is 2.30 bits per heavy atom. The molecule has 1 amide bonds. The van der Waals surface area contributed by atoms with Gasteiger partial charge in [-0.25, -0.2) is 0 Å². The standard InChI is InChI=1S/C15H20N2O2S/c1-19-12-6-4-5-11(9-12)10-14(18)17-8-3-2-7-13(17)15(16)20/h4-6,9,13H,2-3,7-8,10H2,1H3,(H2,16,20). The lowest BCUT2D eigenvalue weighted by molar-refractivity contribution is -0.132. The molecule has 1 aliphatic rings. The third kappa shape index (κ3) is 3.48. The number of hydrogen-bond acceptors (Lipinski definition) is 3. The first-order valence-corrected chi connectivity index (χ1v) is 7.24. The number of methoxy groups -OCH3 is 1. The predicted molar refractivity (Wildman–Crippen MR) is 82.8 cm³/mol. The molecule has 5 heteroatoms. The van der Waals surface area contributed by atoms with Gasteiger partial charge >= 0.3 is 0 Å². The number of nitrogens with zero attached hydrogens (tertiary/aromatic N) is 1. The van der Waals surface area contributed by atoms with Gasteiger partial charge in [0.1, 0.15) is 5.75 Å². The van der Waals surface area contributed by atoms with Crippen molar-refractivity contribution in [3.8, 4) is 5.75 Å². The maximum Gasteiger partial charge on any atom is 0.227 e. The summed E-state index contributed by atoms with van der Waals surface area (Å²) >= 11 is 5.08. The minimum atomic E-state index is -0.0862. The van der Waals surface area contributed by atoms with Crippen molar-refractivity contribution in [2.24, 2.45) is 5.73 Å². The number of hydrogen-bond donors (Lipinski definition) is 1. The van der Waals surface area contributed by atoms with Gasteiger partial charge in [-0.15, -0.1) is 0 Å². The summed E-state index contributed by atoms with van der Waals surface area (Å²) in [6, 6.07) is 7.49. The molecule has 0 saturated carbocycles. The van der Waals surface area contributed by atoms with Crippen LogP contribution >= 0.6 is 12.2 Å². The first kappa shape index (κ1) is 14.8. The molecule has 1 unspecified atom stereocenters. The largest absolute Gasteiger partial charge is 0.497 e. The highest BCUT2D eigenvalue weighted by Gasteiger charge is 2.28. The van der Waals surface area contributed by atoms with Crippen molar-refractivity contribution in [1.29, 1.82) is 0 Å². The summed E-state index contributed by atoms with van der Waals surface area (Å²) in [6.07, 6.45) is 3.32. The number of nitrogens with two attached hydrogens (primary N) is 1. The zero-order valence-corrected chi connectivity index (χ0v) is 12.5. The van der Waals surface area contributed by atoms with Crippen molar-refractivity contribution >= 4 is 23.1 Å². The van der Waals surface area contributed by atoms with Crippen molar-refractivity contribution in [3.05, 3.63) is 29.8 Å². The monoisotopic (exact) mass is 292 g/mol. The van der Waals surface area contributed by atoms with Crippen molar-refractivity contribution < 1.29 is 9.53 Å². The molecule has 1 heterocycles. The Morgan fingerprint density at radius 3 is 3.00 bits per heavy atom. The number of ether oxygens (including phenoxy) is 1. The van der Waals surface area contributed by atoms with Gasteiger partial charge in [-0.3, -0.25) is 4.79 Å². The van der Waals surface area contributed by atoms with Gasteiger partial charge in [0.25, 0.3) is 0 Å². The third-order valence-electron chi connectivity index (χ3n) is 3.64. The van der Waals surface area contributed by atoms with Gasteiger partial charge in [0.2, 0.25) is 5.91 Å². The maximum absolute atomic E-state index is 12.5. The molecule has 20 heavy (non-hydrogen) atoms. The highest BCUT2D eigenvalue weighted by molar-refractivity contribution is 7.80. The molecule has 1 atom stereocenters. The molecule has 2 rings (SSSR count). The molecular weight excluding hydrogens is 272 g/mol. The van der Waals surface area contributed by atoms with Crippen molar-refractivity contribution in [3.63, 3.8) is 0 Å². The zero-order chi connectivity index (χ0) is 14.5. The summed E-state index contributed by atoms with van der Waals surface area (Å²) in [5.41, 5.74) is 6.70. The van der Waals surface area contributed by atoms with Crippen LogP contribution in [-0.2, 0) is 11.2 Å². The molecule has 1 fully saturated rings. The van der Waals surface area contributed by atoms with E-state index < -0.39 is 0 Å². The van der Waals surface area contributed by atoms with Gasteiger partial charge in [0, 0.05) is 6.54 Å². The summed E-state index contributed by atoms with van der Waals surface area (Å²) in [5, 5.41) is 0. The average molecular weight is 292 g/mol. The number of rotatable bonds is 4. The topological polar surface area (TPSA) is 55.6 Å². The van der Waals surface area contributed by atoms with Crippen LogP contribution in [0.2, 0.25) is 0 Å². The molecule has 0 aliphatic carbocycles. The van der Waals surface area contributed by atoms with Crippen molar-refractivity contribution in [2.75, 3.05) is 13.7 Å². The normalized spacial score (nSPS) is 18.6. The predicted octanol–water partition coefficient (Wildman–Crippen LogP) is 1.90. The van der Waals surface area contributed by atoms with Crippen LogP contribution in [0.15, 0.2) is 24.3 Å². The van der Waals surface area contributed by atoms with Gasteiger partial charge in [-0.05, 0) is 37.0 Å². The van der Waals surface area contributed by atoms with Gasteiger partial charge in [-0.1, -0.05) is 24.4 Å². The highest BCUT2D eigenvalue weighted by Crippen LogP contribution is 2.20. The molecular formula is C15H20N2O2S. The van der Waals surface area contributed by atoms with Gasteiger partial charge < -0.3 is 15.4 Å². The van der Waals surface area contributed by atoms with Crippen LogP contribution in [0.1, 0.15) is 24.8 Å². The lowest BCUT2D eigenvalue weighted by Gasteiger charge is -2.35. The van der Waals surface area contributed by atoms with Crippen LogP contribution in [-0.4, -0.2) is 35.5 Å². The maximum atomic E-state index is 12.5. The quantitative estimate of drug-likeness (QED) is 0.861. The number of thiocarbonyl (C=S) groups is 1. The Hall–Kier alpha value is -1.62. The molecule has 1 aliphatic heterocycles. The number of likely N-dealkylation sites (tertiary alicyclic amines) is 1. The number of piperidine rings is 1.